The molecule has 89 valence electrons. The first-order valence-electron chi connectivity index (χ1n) is 5.31. The Bertz CT molecular complexity index is 332. The third-order valence-electron chi connectivity index (χ3n) is 1.83. The van der Waals surface area contributed by atoms with Crippen LogP contribution in [0.2, 0.25) is 0 Å². The number of nitrogens with zero attached hydrogens (tertiary/aromatic N) is 1. The van der Waals surface area contributed by atoms with E-state index in [1.807, 2.05) is 30.3 Å². The Balaban J connectivity index is 2.53. The van der Waals surface area contributed by atoms with Gasteiger partial charge >= 0.3 is 7.60 Å². The predicted octanol–water partition coefficient (Wildman–Crippen LogP) is 3.15. The largest absolute Gasteiger partial charge is 0.351 e. The van der Waals surface area contributed by atoms with E-state index in [9.17, 15) is 4.57 Å². The molecule has 16 heavy (non-hydrogen) atoms. The predicted molar refractivity (Wildman–Crippen MR) is 64.0 cm³/mol. The quantitative estimate of drug-likeness (QED) is 0.690. The topological polar surface area (TPSA) is 49.6 Å². The molecule has 1 rings (SSSR count). The Morgan fingerprint density at radius 1 is 1.12 bits per heavy atom. The maximum atomic E-state index is 12.0. The number of hydrogen-bond donors (Lipinski definition) is 0. The van der Waals surface area contributed by atoms with E-state index in [0.29, 0.717) is 13.2 Å². The molecule has 0 saturated heterocycles. The molecule has 4 nitrogen and oxygen atoms in total. The molecule has 0 aromatic heterocycles. The van der Waals surface area contributed by atoms with Crippen LogP contribution in [0.4, 0.5) is 5.69 Å². The van der Waals surface area contributed by atoms with E-state index in [4.69, 9.17) is 9.05 Å². The van der Waals surface area contributed by atoms with Crippen molar-refractivity contribution in [3.05, 3.63) is 30.3 Å². The highest BCUT2D eigenvalue weighted by atomic mass is 31.2. The summed E-state index contributed by atoms with van der Waals surface area (Å²) in [5, 5.41) is 4.20. The molecule has 0 atom stereocenters. The summed E-state index contributed by atoms with van der Waals surface area (Å²) in [6, 6.07) is 9.37. The van der Waals surface area contributed by atoms with Crippen molar-refractivity contribution < 1.29 is 13.6 Å². The molecule has 0 aliphatic carbocycles. The van der Waals surface area contributed by atoms with Crippen LogP contribution < -0.4 is 5.32 Å². The molecular formula is C11H17NO3P. The summed E-state index contributed by atoms with van der Waals surface area (Å²) in [5.74, 6) is 0. The van der Waals surface area contributed by atoms with E-state index in [0.717, 1.165) is 5.69 Å². The van der Waals surface area contributed by atoms with Gasteiger partial charge in [0.1, 0.15) is 6.29 Å². The highest BCUT2D eigenvalue weighted by Gasteiger charge is 2.23. The third kappa shape index (κ3) is 4.35. The van der Waals surface area contributed by atoms with Crippen molar-refractivity contribution in [2.24, 2.45) is 0 Å². The molecule has 0 aliphatic heterocycles. The third-order valence-corrected chi connectivity index (χ3v) is 3.63. The van der Waals surface area contributed by atoms with Gasteiger partial charge in [0.2, 0.25) is 0 Å². The first-order valence-corrected chi connectivity index (χ1v) is 7.03. The van der Waals surface area contributed by atoms with Gasteiger partial charge in [-0.3, -0.25) is 9.88 Å². The smallest absolute Gasteiger partial charge is 0.308 e. The van der Waals surface area contributed by atoms with Crippen LogP contribution in [0.1, 0.15) is 13.8 Å². The second kappa shape index (κ2) is 6.69. The van der Waals surface area contributed by atoms with Crippen molar-refractivity contribution in [3.63, 3.8) is 0 Å². The van der Waals surface area contributed by atoms with Gasteiger partial charge in [0.25, 0.3) is 0 Å². The minimum absolute atomic E-state index is 0.0681. The van der Waals surface area contributed by atoms with Crippen LogP contribution in [-0.2, 0) is 13.6 Å². The fourth-order valence-electron chi connectivity index (χ4n) is 1.21. The van der Waals surface area contributed by atoms with Gasteiger partial charge in [-0.25, -0.2) is 0 Å². The average Bonchev–Trinajstić information content (AvgIpc) is 2.29. The molecule has 0 spiro atoms. The minimum Gasteiger partial charge on any atom is -0.308 e. The lowest BCUT2D eigenvalue weighted by atomic mass is 10.3. The molecule has 0 saturated carbocycles. The van der Waals surface area contributed by atoms with Crippen molar-refractivity contribution in [1.82, 2.24) is 5.32 Å². The Kier molecular flexibility index (Phi) is 5.53. The molecule has 1 radical (unpaired) electrons. The van der Waals surface area contributed by atoms with Crippen LogP contribution in [0.5, 0.6) is 0 Å². The summed E-state index contributed by atoms with van der Waals surface area (Å²) in [5.41, 5.74) is 0.780. The summed E-state index contributed by atoms with van der Waals surface area (Å²) in [6.07, 6.45) is 0.0681. The first kappa shape index (κ1) is 13.2. The Labute approximate surface area is 96.5 Å². The van der Waals surface area contributed by atoms with Gasteiger partial charge in [0.15, 0.2) is 0 Å². The van der Waals surface area contributed by atoms with Crippen LogP contribution in [0.3, 0.4) is 0 Å². The fraction of sp³-hybridized carbons (Fsp3) is 0.455. The van der Waals surface area contributed by atoms with Gasteiger partial charge < -0.3 is 9.05 Å². The van der Waals surface area contributed by atoms with Gasteiger partial charge in [-0.15, -0.1) is 0 Å². The zero-order valence-corrected chi connectivity index (χ0v) is 10.5. The molecule has 0 unspecified atom stereocenters. The van der Waals surface area contributed by atoms with Crippen LogP contribution in [0.25, 0.3) is 0 Å². The molecule has 0 bridgehead atoms. The van der Waals surface area contributed by atoms with E-state index in [2.05, 4.69) is 5.32 Å². The van der Waals surface area contributed by atoms with Gasteiger partial charge in [-0.05, 0) is 26.0 Å². The van der Waals surface area contributed by atoms with Gasteiger partial charge in [-0.2, -0.15) is 0 Å². The zero-order valence-electron chi connectivity index (χ0n) is 9.63. The van der Waals surface area contributed by atoms with Crippen molar-refractivity contribution >= 4 is 13.3 Å². The van der Waals surface area contributed by atoms with E-state index in [1.54, 1.807) is 13.8 Å². The molecule has 0 heterocycles. The average molecular weight is 242 g/mol. The maximum absolute atomic E-state index is 12.0. The summed E-state index contributed by atoms with van der Waals surface area (Å²) >= 11 is 0. The molecule has 1 aromatic rings. The summed E-state index contributed by atoms with van der Waals surface area (Å²) in [4.78, 5) is 0. The van der Waals surface area contributed by atoms with Crippen molar-refractivity contribution in [1.29, 1.82) is 0 Å². The van der Waals surface area contributed by atoms with E-state index in [-0.39, 0.29) is 6.29 Å². The van der Waals surface area contributed by atoms with E-state index >= 15 is 0 Å². The lowest BCUT2D eigenvalue weighted by Crippen LogP contribution is -2.07. The lowest BCUT2D eigenvalue weighted by molar-refractivity contribution is 0.219. The lowest BCUT2D eigenvalue weighted by Gasteiger charge is -2.16. The van der Waals surface area contributed by atoms with Crippen LogP contribution in [0.15, 0.2) is 30.3 Å². The van der Waals surface area contributed by atoms with Crippen molar-refractivity contribution in [3.8, 4) is 0 Å². The zero-order chi connectivity index (χ0) is 11.9. The number of hydrogen-bond acceptors (Lipinski definition) is 3. The molecule has 1 aromatic carbocycles. The Hall–Kier alpha value is -0.830. The molecule has 0 fully saturated rings. The van der Waals surface area contributed by atoms with Crippen molar-refractivity contribution in [2.45, 2.75) is 13.8 Å². The highest BCUT2D eigenvalue weighted by Crippen LogP contribution is 2.47. The second-order valence-corrected chi connectivity index (χ2v) is 5.10. The number of rotatable bonds is 7. The maximum Gasteiger partial charge on any atom is 0.351 e. The van der Waals surface area contributed by atoms with Crippen LogP contribution in [-0.4, -0.2) is 19.5 Å². The van der Waals surface area contributed by atoms with E-state index < -0.39 is 7.60 Å². The SMILES string of the molecule is CCOP(=O)(C[N]c1ccccc1)OCC. The number of para-hydroxylation sites is 1. The number of benzene rings is 1. The second-order valence-electron chi connectivity index (χ2n) is 3.08. The summed E-state index contributed by atoms with van der Waals surface area (Å²) < 4.78 is 22.3. The van der Waals surface area contributed by atoms with Gasteiger partial charge in [0.05, 0.1) is 18.9 Å². The molecule has 5 heteroatoms. The van der Waals surface area contributed by atoms with Crippen LogP contribution in [0, 0.1) is 0 Å². The normalized spacial score (nSPS) is 11.4. The van der Waals surface area contributed by atoms with Crippen LogP contribution >= 0.6 is 7.60 Å². The highest BCUT2D eigenvalue weighted by molar-refractivity contribution is 7.53. The summed E-state index contributed by atoms with van der Waals surface area (Å²) in [6.45, 7) is 4.30. The fourth-order valence-corrected chi connectivity index (χ4v) is 2.58. The van der Waals surface area contributed by atoms with Gasteiger partial charge in [-0.1, -0.05) is 18.2 Å². The summed E-state index contributed by atoms with van der Waals surface area (Å²) in [7, 11) is -3.05. The van der Waals surface area contributed by atoms with E-state index in [1.165, 1.54) is 0 Å². The molecule has 0 amide bonds. The molecule has 0 N–H and O–H groups in total. The minimum atomic E-state index is -3.05. The molecule has 0 aliphatic rings. The standard InChI is InChI=1S/C11H17NO3P/c1-3-14-16(13,15-4-2)10-12-11-8-6-5-7-9-11/h5-9H,3-4,10H2,1-2H3. The first-order chi connectivity index (χ1) is 7.70. The Morgan fingerprint density at radius 2 is 1.69 bits per heavy atom. The van der Waals surface area contributed by atoms with Crippen molar-refractivity contribution in [2.75, 3.05) is 19.5 Å². The van der Waals surface area contributed by atoms with Gasteiger partial charge in [0, 0.05) is 0 Å². The molecular weight excluding hydrogens is 225 g/mol. The Morgan fingerprint density at radius 3 is 2.19 bits per heavy atom. The monoisotopic (exact) mass is 242 g/mol.